The van der Waals surface area contributed by atoms with E-state index < -0.39 is 27.3 Å². The van der Waals surface area contributed by atoms with Gasteiger partial charge >= 0.3 is 0 Å². The predicted molar refractivity (Wildman–Crippen MR) is 69.8 cm³/mol. The summed E-state index contributed by atoms with van der Waals surface area (Å²) in [4.78, 5) is 22.7. The minimum Gasteiger partial charge on any atom is -0.318 e. The van der Waals surface area contributed by atoms with Crippen LogP contribution in [-0.4, -0.2) is 37.9 Å². The number of sulfone groups is 1. The van der Waals surface area contributed by atoms with E-state index in [0.29, 0.717) is 0 Å². The molecule has 0 spiro atoms. The number of Topliss-reactive ketones (excluding diaryl/α,β-unsaturated/α-hetero) is 1. The van der Waals surface area contributed by atoms with E-state index in [2.05, 4.69) is 5.32 Å². The number of benzene rings is 1. The monoisotopic (exact) mass is 303 g/mol. The molecule has 1 heterocycles. The van der Waals surface area contributed by atoms with Crippen LogP contribution in [0.5, 0.6) is 0 Å². The number of anilines is 1. The fraction of sp³-hybridized carbons (Fsp3) is 0.273. The largest absolute Gasteiger partial charge is 0.318 e. The number of amides is 1. The lowest BCUT2D eigenvalue weighted by Gasteiger charge is -2.05. The Morgan fingerprint density at radius 1 is 1.32 bits per heavy atom. The van der Waals surface area contributed by atoms with Crippen LogP contribution in [0.25, 0.3) is 0 Å². The first-order valence-electron chi connectivity index (χ1n) is 5.27. The molecule has 0 saturated carbocycles. The zero-order valence-electron chi connectivity index (χ0n) is 9.90. The van der Waals surface area contributed by atoms with Crippen molar-refractivity contribution >= 4 is 39.0 Å². The third kappa shape index (κ3) is 3.13. The van der Waals surface area contributed by atoms with Crippen molar-refractivity contribution in [3.05, 3.63) is 23.5 Å². The molecule has 8 heteroatoms. The summed E-state index contributed by atoms with van der Waals surface area (Å²) >= 11 is 1.03. The van der Waals surface area contributed by atoms with Gasteiger partial charge in [0, 0.05) is 16.9 Å². The zero-order valence-corrected chi connectivity index (χ0v) is 11.5. The molecular formula is C11H10FNO4S2. The Bertz CT molecular complexity index is 670. The molecule has 1 N–H and O–H groups in total. The van der Waals surface area contributed by atoms with Gasteiger partial charge in [0.15, 0.2) is 0 Å². The van der Waals surface area contributed by atoms with E-state index in [0.717, 1.165) is 24.1 Å². The molecule has 1 aliphatic heterocycles. The fourth-order valence-electron chi connectivity index (χ4n) is 1.56. The van der Waals surface area contributed by atoms with Crippen LogP contribution in [0.3, 0.4) is 0 Å². The molecular weight excluding hydrogens is 293 g/mol. The summed E-state index contributed by atoms with van der Waals surface area (Å²) in [5.74, 6) is -2.05. The van der Waals surface area contributed by atoms with Crippen LogP contribution in [0.15, 0.2) is 17.0 Å². The molecule has 1 aromatic rings. The maximum Gasteiger partial charge on any atom is 0.296 e. The van der Waals surface area contributed by atoms with Crippen LogP contribution >= 0.6 is 11.8 Å². The van der Waals surface area contributed by atoms with E-state index in [-0.39, 0.29) is 27.7 Å². The highest BCUT2D eigenvalue weighted by atomic mass is 32.2. The molecule has 0 aliphatic carbocycles. The second kappa shape index (κ2) is 4.93. The summed E-state index contributed by atoms with van der Waals surface area (Å²) in [6.07, 6.45) is 1.10. The van der Waals surface area contributed by atoms with Gasteiger partial charge < -0.3 is 5.32 Å². The number of carbonyl (C=O) groups excluding carboxylic acids is 2. The second-order valence-electron chi connectivity index (χ2n) is 4.09. The number of halogens is 1. The van der Waals surface area contributed by atoms with Crippen LogP contribution in [-0.2, 0) is 14.6 Å². The molecule has 0 fully saturated rings. The van der Waals surface area contributed by atoms with E-state index >= 15 is 0 Å². The van der Waals surface area contributed by atoms with E-state index in [4.69, 9.17) is 0 Å². The van der Waals surface area contributed by atoms with E-state index in [1.807, 2.05) is 0 Å². The van der Waals surface area contributed by atoms with Gasteiger partial charge in [0.1, 0.15) is 15.7 Å². The van der Waals surface area contributed by atoms with E-state index in [1.165, 1.54) is 6.07 Å². The zero-order chi connectivity index (χ0) is 14.2. The Morgan fingerprint density at radius 3 is 2.63 bits per heavy atom. The number of rotatable bonds is 4. The molecule has 5 nitrogen and oxygen atoms in total. The molecule has 1 aliphatic rings. The van der Waals surface area contributed by atoms with Gasteiger partial charge in [-0.2, -0.15) is 0 Å². The Kier molecular flexibility index (Phi) is 3.64. The minimum atomic E-state index is -3.10. The molecule has 19 heavy (non-hydrogen) atoms. The summed E-state index contributed by atoms with van der Waals surface area (Å²) in [6, 6.07) is 2.35. The minimum absolute atomic E-state index is 0.00923. The molecule has 102 valence electrons. The molecule has 1 aromatic carbocycles. The van der Waals surface area contributed by atoms with Crippen LogP contribution in [0, 0.1) is 5.82 Å². The van der Waals surface area contributed by atoms with Crippen LogP contribution in [0.4, 0.5) is 10.1 Å². The SMILES string of the molecule is CS(=O)(=O)CCSc1cc2c(cc1F)C(=O)C(=O)N2. The standard InChI is InChI=1S/C11H10FNO4S2/c1-19(16,17)3-2-18-9-5-8-6(4-7(9)12)10(14)11(15)13-8/h4-5H,2-3H2,1H3,(H,13,14,15). The van der Waals surface area contributed by atoms with Gasteiger partial charge in [0.25, 0.3) is 11.7 Å². The molecule has 0 atom stereocenters. The maximum atomic E-state index is 13.7. The Morgan fingerprint density at radius 2 is 2.00 bits per heavy atom. The number of hydrogen-bond acceptors (Lipinski definition) is 5. The van der Waals surface area contributed by atoms with Crippen LogP contribution in [0.1, 0.15) is 10.4 Å². The number of fused-ring (bicyclic) bond motifs is 1. The number of carbonyl (C=O) groups is 2. The molecule has 0 radical (unpaired) electrons. The van der Waals surface area contributed by atoms with Gasteiger partial charge in [0.05, 0.1) is 17.0 Å². The summed E-state index contributed by atoms with van der Waals surface area (Å²) in [7, 11) is -3.10. The number of hydrogen-bond donors (Lipinski definition) is 1. The molecule has 0 saturated heterocycles. The maximum absolute atomic E-state index is 13.7. The predicted octanol–water partition coefficient (Wildman–Crippen LogP) is 1.10. The molecule has 2 rings (SSSR count). The lowest BCUT2D eigenvalue weighted by atomic mass is 10.1. The fourth-order valence-corrected chi connectivity index (χ4v) is 3.72. The van der Waals surface area contributed by atoms with Crippen molar-refractivity contribution in [1.82, 2.24) is 0 Å². The van der Waals surface area contributed by atoms with Crippen molar-refractivity contribution < 1.29 is 22.4 Å². The molecule has 0 unspecified atom stereocenters. The number of nitrogens with one attached hydrogen (secondary N) is 1. The van der Waals surface area contributed by atoms with Crippen molar-refractivity contribution in [2.45, 2.75) is 4.90 Å². The van der Waals surface area contributed by atoms with Crippen molar-refractivity contribution in [3.63, 3.8) is 0 Å². The second-order valence-corrected chi connectivity index (χ2v) is 7.49. The lowest BCUT2D eigenvalue weighted by Crippen LogP contribution is -2.12. The third-order valence-corrected chi connectivity index (χ3v) is 4.72. The first kappa shape index (κ1) is 14.0. The van der Waals surface area contributed by atoms with Crippen LogP contribution < -0.4 is 5.32 Å². The van der Waals surface area contributed by atoms with Crippen molar-refractivity contribution in [3.8, 4) is 0 Å². The Labute approximate surface area is 113 Å². The van der Waals surface area contributed by atoms with Crippen molar-refractivity contribution in [1.29, 1.82) is 0 Å². The topological polar surface area (TPSA) is 80.3 Å². The van der Waals surface area contributed by atoms with Gasteiger partial charge in [-0.15, -0.1) is 11.8 Å². The average Bonchev–Trinajstić information content (AvgIpc) is 2.54. The third-order valence-electron chi connectivity index (χ3n) is 2.48. The number of thioether (sulfide) groups is 1. The molecule has 0 aromatic heterocycles. The van der Waals surface area contributed by atoms with Gasteiger partial charge in [-0.3, -0.25) is 9.59 Å². The quantitative estimate of drug-likeness (QED) is 0.665. The molecule has 0 bridgehead atoms. The summed E-state index contributed by atoms with van der Waals surface area (Å²) in [5.41, 5.74) is 0.271. The van der Waals surface area contributed by atoms with E-state index in [1.54, 1.807) is 0 Å². The van der Waals surface area contributed by atoms with Gasteiger partial charge in [-0.1, -0.05) is 0 Å². The summed E-state index contributed by atoms with van der Waals surface area (Å²) in [5, 5.41) is 2.33. The number of ketones is 1. The summed E-state index contributed by atoms with van der Waals surface area (Å²) < 4.78 is 35.6. The van der Waals surface area contributed by atoms with Gasteiger partial charge in [0.2, 0.25) is 0 Å². The lowest BCUT2D eigenvalue weighted by molar-refractivity contribution is -0.112. The Balaban J connectivity index is 2.18. The Hall–Kier alpha value is -1.41. The highest BCUT2D eigenvalue weighted by Crippen LogP contribution is 2.31. The highest BCUT2D eigenvalue weighted by Gasteiger charge is 2.29. The smallest absolute Gasteiger partial charge is 0.296 e. The average molecular weight is 303 g/mol. The van der Waals surface area contributed by atoms with Gasteiger partial charge in [-0.25, -0.2) is 12.8 Å². The normalized spacial score (nSPS) is 14.4. The highest BCUT2D eigenvalue weighted by molar-refractivity contribution is 8.00. The van der Waals surface area contributed by atoms with Crippen LogP contribution in [0.2, 0.25) is 0 Å². The van der Waals surface area contributed by atoms with Crippen molar-refractivity contribution in [2.24, 2.45) is 0 Å². The summed E-state index contributed by atoms with van der Waals surface area (Å²) in [6.45, 7) is 0. The van der Waals surface area contributed by atoms with E-state index in [9.17, 15) is 22.4 Å². The molecule has 1 amide bonds. The van der Waals surface area contributed by atoms with Gasteiger partial charge in [-0.05, 0) is 12.1 Å². The first-order chi connectivity index (χ1) is 8.78. The van der Waals surface area contributed by atoms with Crippen molar-refractivity contribution in [2.75, 3.05) is 23.1 Å². The first-order valence-corrected chi connectivity index (χ1v) is 8.32.